The smallest absolute Gasteiger partial charge is 0.322 e. The molecule has 2 N–H and O–H groups in total. The van der Waals surface area contributed by atoms with Crippen molar-refractivity contribution in [1.82, 2.24) is 5.32 Å². The van der Waals surface area contributed by atoms with Crippen LogP contribution in [-0.2, 0) is 9.53 Å². The zero-order valence-corrected chi connectivity index (χ0v) is 9.14. The Balaban J connectivity index is 2.03. The zero-order chi connectivity index (χ0) is 11.5. The Bertz CT molecular complexity index is 374. The molecular weight excluding hydrogens is 206 g/mol. The van der Waals surface area contributed by atoms with Crippen molar-refractivity contribution < 1.29 is 14.6 Å². The third kappa shape index (κ3) is 2.17. The summed E-state index contributed by atoms with van der Waals surface area (Å²) in [4.78, 5) is 11.3. The fourth-order valence-corrected chi connectivity index (χ4v) is 2.06. The van der Waals surface area contributed by atoms with E-state index in [9.17, 15) is 9.90 Å². The molecule has 0 saturated carbocycles. The molecule has 0 aliphatic carbocycles. The van der Waals surface area contributed by atoms with Crippen LogP contribution in [0, 0.1) is 0 Å². The minimum absolute atomic E-state index is 0.205. The summed E-state index contributed by atoms with van der Waals surface area (Å²) in [5.41, 5.74) is 1.14. The number of rotatable bonds is 2. The van der Waals surface area contributed by atoms with Gasteiger partial charge < -0.3 is 15.2 Å². The highest BCUT2D eigenvalue weighted by atomic mass is 16.5. The number of methoxy groups -OCH3 is 1. The maximum absolute atomic E-state index is 11.3. The topological polar surface area (TPSA) is 58.6 Å². The van der Waals surface area contributed by atoms with E-state index in [0.29, 0.717) is 5.92 Å². The van der Waals surface area contributed by atoms with Crippen molar-refractivity contribution in [2.45, 2.75) is 18.4 Å². The van der Waals surface area contributed by atoms with Gasteiger partial charge in [-0.3, -0.25) is 4.79 Å². The first-order valence-electron chi connectivity index (χ1n) is 5.31. The summed E-state index contributed by atoms with van der Waals surface area (Å²) in [5, 5.41) is 12.3. The minimum atomic E-state index is -0.207. The summed E-state index contributed by atoms with van der Waals surface area (Å²) in [7, 11) is 1.40. The van der Waals surface area contributed by atoms with Crippen molar-refractivity contribution in [1.29, 1.82) is 0 Å². The normalized spacial score (nSPS) is 24.3. The zero-order valence-electron chi connectivity index (χ0n) is 9.14. The van der Waals surface area contributed by atoms with E-state index in [2.05, 4.69) is 5.32 Å². The van der Waals surface area contributed by atoms with Gasteiger partial charge >= 0.3 is 5.97 Å². The summed E-state index contributed by atoms with van der Waals surface area (Å²) >= 11 is 0. The maximum Gasteiger partial charge on any atom is 0.322 e. The molecule has 2 atom stereocenters. The van der Waals surface area contributed by atoms with Crippen molar-refractivity contribution in [3.8, 4) is 5.75 Å². The standard InChI is InChI=1S/C12H15NO3/c1-16-12(15)11-6-9(7-13-11)8-2-4-10(14)5-3-8/h2-5,9,11,13-14H,6-7H2,1H3. The van der Waals surface area contributed by atoms with Crippen LogP contribution in [0.2, 0.25) is 0 Å². The van der Waals surface area contributed by atoms with Crippen molar-refractivity contribution in [3.05, 3.63) is 29.8 Å². The molecule has 1 saturated heterocycles. The van der Waals surface area contributed by atoms with Crippen LogP contribution in [0.4, 0.5) is 0 Å². The second kappa shape index (κ2) is 4.53. The van der Waals surface area contributed by atoms with E-state index in [0.717, 1.165) is 18.5 Å². The predicted octanol–water partition coefficient (Wildman–Crippen LogP) is 1.01. The summed E-state index contributed by atoms with van der Waals surface area (Å²) < 4.78 is 4.70. The van der Waals surface area contributed by atoms with Gasteiger partial charge in [-0.05, 0) is 30.0 Å². The number of carbonyl (C=O) groups is 1. The van der Waals surface area contributed by atoms with Gasteiger partial charge in [-0.2, -0.15) is 0 Å². The first-order valence-corrected chi connectivity index (χ1v) is 5.31. The van der Waals surface area contributed by atoms with Gasteiger partial charge in [0.15, 0.2) is 0 Å². The lowest BCUT2D eigenvalue weighted by atomic mass is 9.96. The lowest BCUT2D eigenvalue weighted by molar-refractivity contribution is -0.142. The molecule has 0 spiro atoms. The van der Waals surface area contributed by atoms with Gasteiger partial charge in [0.25, 0.3) is 0 Å². The molecule has 0 aromatic heterocycles. The maximum atomic E-state index is 11.3. The molecule has 1 fully saturated rings. The molecule has 1 aliphatic rings. The van der Waals surface area contributed by atoms with Gasteiger partial charge in [0, 0.05) is 6.54 Å². The molecule has 1 aromatic rings. The van der Waals surface area contributed by atoms with Crippen molar-refractivity contribution in [2.24, 2.45) is 0 Å². The van der Waals surface area contributed by atoms with Crippen LogP contribution in [0.25, 0.3) is 0 Å². The number of phenols is 1. The lowest BCUT2D eigenvalue weighted by Gasteiger charge is -2.09. The molecule has 0 radical (unpaired) electrons. The molecule has 0 amide bonds. The van der Waals surface area contributed by atoms with Crippen LogP contribution in [0.15, 0.2) is 24.3 Å². The van der Waals surface area contributed by atoms with Gasteiger partial charge in [0.1, 0.15) is 11.8 Å². The first kappa shape index (κ1) is 11.0. The van der Waals surface area contributed by atoms with Gasteiger partial charge in [-0.25, -0.2) is 0 Å². The number of hydrogen-bond acceptors (Lipinski definition) is 4. The number of aromatic hydroxyl groups is 1. The number of benzene rings is 1. The van der Waals surface area contributed by atoms with Crippen molar-refractivity contribution >= 4 is 5.97 Å². The van der Waals surface area contributed by atoms with Crippen molar-refractivity contribution in [2.75, 3.05) is 13.7 Å². The summed E-state index contributed by atoms with van der Waals surface area (Å²) in [6, 6.07) is 6.91. The van der Waals surface area contributed by atoms with Gasteiger partial charge in [0.2, 0.25) is 0 Å². The number of carbonyl (C=O) groups excluding carboxylic acids is 1. The number of ether oxygens (including phenoxy) is 1. The molecule has 1 aromatic carbocycles. The quantitative estimate of drug-likeness (QED) is 0.732. The average molecular weight is 221 g/mol. The second-order valence-electron chi connectivity index (χ2n) is 4.01. The van der Waals surface area contributed by atoms with E-state index in [-0.39, 0.29) is 17.8 Å². The van der Waals surface area contributed by atoms with Crippen LogP contribution >= 0.6 is 0 Å². The molecular formula is C12H15NO3. The van der Waals surface area contributed by atoms with E-state index in [4.69, 9.17) is 4.74 Å². The molecule has 86 valence electrons. The SMILES string of the molecule is COC(=O)C1CC(c2ccc(O)cc2)CN1. The highest BCUT2D eigenvalue weighted by molar-refractivity contribution is 5.76. The van der Waals surface area contributed by atoms with Gasteiger partial charge in [-0.1, -0.05) is 12.1 Å². The van der Waals surface area contributed by atoms with E-state index in [1.165, 1.54) is 7.11 Å². The average Bonchev–Trinajstić information content (AvgIpc) is 2.78. The Morgan fingerprint density at radius 3 is 2.75 bits per heavy atom. The number of esters is 1. The molecule has 1 aliphatic heterocycles. The van der Waals surface area contributed by atoms with Crippen LogP contribution in [0.5, 0.6) is 5.75 Å². The highest BCUT2D eigenvalue weighted by Crippen LogP contribution is 2.27. The molecule has 4 nitrogen and oxygen atoms in total. The molecule has 4 heteroatoms. The first-order chi connectivity index (χ1) is 7.70. The number of hydrogen-bond donors (Lipinski definition) is 2. The molecule has 16 heavy (non-hydrogen) atoms. The van der Waals surface area contributed by atoms with E-state index >= 15 is 0 Å². The van der Waals surface area contributed by atoms with Crippen LogP contribution in [0.1, 0.15) is 17.9 Å². The van der Waals surface area contributed by atoms with Crippen LogP contribution < -0.4 is 5.32 Å². The third-order valence-corrected chi connectivity index (χ3v) is 2.98. The highest BCUT2D eigenvalue weighted by Gasteiger charge is 2.30. The molecule has 0 bridgehead atoms. The molecule has 2 unspecified atom stereocenters. The molecule has 2 rings (SSSR count). The Kier molecular flexibility index (Phi) is 3.10. The third-order valence-electron chi connectivity index (χ3n) is 2.98. The summed E-state index contributed by atoms with van der Waals surface area (Å²) in [6.45, 7) is 0.768. The Hall–Kier alpha value is -1.55. The van der Waals surface area contributed by atoms with E-state index in [1.54, 1.807) is 12.1 Å². The Labute approximate surface area is 94.2 Å². The van der Waals surface area contributed by atoms with Crippen molar-refractivity contribution in [3.63, 3.8) is 0 Å². The van der Waals surface area contributed by atoms with Crippen LogP contribution in [0.3, 0.4) is 0 Å². The fourth-order valence-electron chi connectivity index (χ4n) is 2.06. The van der Waals surface area contributed by atoms with E-state index < -0.39 is 0 Å². The second-order valence-corrected chi connectivity index (χ2v) is 4.01. The Morgan fingerprint density at radius 2 is 2.12 bits per heavy atom. The van der Waals surface area contributed by atoms with Gasteiger partial charge in [-0.15, -0.1) is 0 Å². The summed E-state index contributed by atoms with van der Waals surface area (Å²) in [5.74, 6) is 0.366. The fraction of sp³-hybridized carbons (Fsp3) is 0.417. The van der Waals surface area contributed by atoms with Gasteiger partial charge in [0.05, 0.1) is 7.11 Å². The number of phenolic OH excluding ortho intramolecular Hbond substituents is 1. The minimum Gasteiger partial charge on any atom is -0.508 e. The van der Waals surface area contributed by atoms with Crippen LogP contribution in [-0.4, -0.2) is 30.8 Å². The molecule has 1 heterocycles. The largest absolute Gasteiger partial charge is 0.508 e. The lowest BCUT2D eigenvalue weighted by Crippen LogP contribution is -2.31. The summed E-state index contributed by atoms with van der Waals surface area (Å²) in [6.07, 6.45) is 0.747. The predicted molar refractivity (Wildman–Crippen MR) is 59.3 cm³/mol. The Morgan fingerprint density at radius 1 is 1.44 bits per heavy atom. The number of nitrogens with one attached hydrogen (secondary N) is 1. The van der Waals surface area contributed by atoms with E-state index in [1.807, 2.05) is 12.1 Å². The monoisotopic (exact) mass is 221 g/mol.